The number of amides is 1. The van der Waals surface area contributed by atoms with E-state index in [1.165, 1.54) is 35.6 Å². The number of aromatic nitrogens is 3. The Kier molecular flexibility index (Phi) is 5.00. The summed E-state index contributed by atoms with van der Waals surface area (Å²) < 4.78 is 42.6. The Labute approximate surface area is 175 Å². The summed E-state index contributed by atoms with van der Waals surface area (Å²) in [5.74, 6) is -2.76. The Morgan fingerprint density at radius 1 is 1.16 bits per heavy atom. The molecule has 0 radical (unpaired) electrons. The van der Waals surface area contributed by atoms with Crippen molar-refractivity contribution >= 4 is 11.9 Å². The topological polar surface area (TPSA) is 105 Å². The fraction of sp³-hybridized carbons (Fsp3) is 0.238. The molecule has 1 aliphatic carbocycles. The van der Waals surface area contributed by atoms with Gasteiger partial charge in [0, 0.05) is 44.0 Å². The molecule has 3 aromatic rings. The molecule has 0 bridgehead atoms. The lowest BCUT2D eigenvalue weighted by molar-refractivity contribution is 0.0860. The number of alkyl halides is 1. The molecule has 0 saturated heterocycles. The molecule has 0 atom stereocenters. The normalized spacial score (nSPS) is 20.2. The van der Waals surface area contributed by atoms with Gasteiger partial charge in [0.15, 0.2) is 0 Å². The third kappa shape index (κ3) is 3.33. The predicted molar refractivity (Wildman–Crippen MR) is 106 cm³/mol. The first-order valence-electron chi connectivity index (χ1n) is 9.37. The molecular formula is C21H18F3N5O2. The number of primary amides is 1. The summed E-state index contributed by atoms with van der Waals surface area (Å²) in [6.07, 6.45) is 2.83. The second kappa shape index (κ2) is 7.53. The van der Waals surface area contributed by atoms with Crippen molar-refractivity contribution < 1.29 is 23.1 Å². The zero-order valence-corrected chi connectivity index (χ0v) is 16.4. The van der Waals surface area contributed by atoms with Crippen molar-refractivity contribution in [1.82, 2.24) is 15.0 Å². The first-order valence-corrected chi connectivity index (χ1v) is 9.37. The minimum absolute atomic E-state index is 0.0125. The number of halogens is 3. The van der Waals surface area contributed by atoms with Gasteiger partial charge >= 0.3 is 0 Å². The number of carbonyl (C=O) groups is 1. The zero-order chi connectivity index (χ0) is 22.3. The van der Waals surface area contributed by atoms with Crippen LogP contribution in [0.25, 0.3) is 11.1 Å². The highest BCUT2D eigenvalue weighted by Gasteiger charge is 2.52. The second-order valence-corrected chi connectivity index (χ2v) is 7.38. The van der Waals surface area contributed by atoms with Crippen molar-refractivity contribution in [1.29, 1.82) is 0 Å². The van der Waals surface area contributed by atoms with Crippen molar-refractivity contribution in [3.05, 3.63) is 65.7 Å². The van der Waals surface area contributed by atoms with Gasteiger partial charge in [-0.3, -0.25) is 9.78 Å². The number of rotatable bonds is 5. The molecule has 2 heterocycles. The first kappa shape index (κ1) is 20.6. The Balaban J connectivity index is 1.71. The fourth-order valence-corrected chi connectivity index (χ4v) is 3.88. The van der Waals surface area contributed by atoms with Crippen LogP contribution in [-0.4, -0.2) is 39.2 Å². The summed E-state index contributed by atoms with van der Waals surface area (Å²) in [7, 11) is 1.60. The summed E-state index contributed by atoms with van der Waals surface area (Å²) in [4.78, 5) is 25.4. The molecular weight excluding hydrogens is 411 g/mol. The van der Waals surface area contributed by atoms with E-state index in [9.17, 15) is 23.1 Å². The van der Waals surface area contributed by atoms with Gasteiger partial charge in [0.1, 0.15) is 29.2 Å². The molecule has 31 heavy (non-hydrogen) atoms. The van der Waals surface area contributed by atoms with Gasteiger partial charge < -0.3 is 15.7 Å². The molecule has 7 nitrogen and oxygen atoms in total. The number of anilines is 1. The predicted octanol–water partition coefficient (Wildman–Crippen LogP) is 3.08. The van der Waals surface area contributed by atoms with E-state index in [-0.39, 0.29) is 41.2 Å². The van der Waals surface area contributed by atoms with Gasteiger partial charge in [0.05, 0.1) is 16.7 Å². The Bertz CT molecular complexity index is 1150. The van der Waals surface area contributed by atoms with E-state index in [1.54, 1.807) is 7.05 Å². The quantitative estimate of drug-likeness (QED) is 0.646. The lowest BCUT2D eigenvalue weighted by atomic mass is 9.71. The molecule has 0 aliphatic heterocycles. The van der Waals surface area contributed by atoms with Crippen LogP contribution in [0.5, 0.6) is 5.75 Å². The maximum atomic E-state index is 14.4. The fourth-order valence-electron chi connectivity index (χ4n) is 3.88. The average molecular weight is 429 g/mol. The Hall–Kier alpha value is -3.69. The highest BCUT2D eigenvalue weighted by Crippen LogP contribution is 2.48. The van der Waals surface area contributed by atoms with Gasteiger partial charge in [0.2, 0.25) is 5.95 Å². The van der Waals surface area contributed by atoms with E-state index in [0.717, 1.165) is 12.1 Å². The number of carbonyl (C=O) groups excluding carboxylic acids is 1. The highest BCUT2D eigenvalue weighted by atomic mass is 19.1. The Morgan fingerprint density at radius 2 is 1.84 bits per heavy atom. The van der Waals surface area contributed by atoms with Gasteiger partial charge in [0.25, 0.3) is 5.91 Å². The van der Waals surface area contributed by atoms with E-state index in [4.69, 9.17) is 5.73 Å². The molecule has 1 fully saturated rings. The van der Waals surface area contributed by atoms with Crippen molar-refractivity contribution in [3.63, 3.8) is 0 Å². The van der Waals surface area contributed by atoms with Crippen molar-refractivity contribution in [2.24, 2.45) is 5.73 Å². The number of aromatic hydroxyl groups is 1. The standard InChI is InChI=1S/C21H18F3N5O2/c1-29(21(7-12(22)8-21)18-15(24)3-2-6-26-18)20-27-9-11(10-28-20)16-14(23)5-4-13(17(16)30)19(25)31/h2-6,9-10,12,30H,7-8H2,1H3,(H2,25,31)/t12-,21-. The molecule has 2 aromatic heterocycles. The molecule has 10 heteroatoms. The summed E-state index contributed by atoms with van der Waals surface area (Å²) in [5.41, 5.74) is 3.81. The number of benzene rings is 1. The second-order valence-electron chi connectivity index (χ2n) is 7.38. The van der Waals surface area contributed by atoms with Gasteiger partial charge in [-0.05, 0) is 24.3 Å². The van der Waals surface area contributed by atoms with Crippen LogP contribution >= 0.6 is 0 Å². The number of hydrogen-bond acceptors (Lipinski definition) is 6. The van der Waals surface area contributed by atoms with Crippen LogP contribution in [0.3, 0.4) is 0 Å². The summed E-state index contributed by atoms with van der Waals surface area (Å²) >= 11 is 0. The first-order chi connectivity index (χ1) is 14.7. The molecule has 0 spiro atoms. The van der Waals surface area contributed by atoms with Crippen LogP contribution < -0.4 is 10.6 Å². The maximum absolute atomic E-state index is 14.4. The average Bonchev–Trinajstić information content (AvgIpc) is 2.71. The number of pyridine rings is 1. The minimum Gasteiger partial charge on any atom is -0.506 e. The van der Waals surface area contributed by atoms with E-state index < -0.39 is 35.0 Å². The lowest BCUT2D eigenvalue weighted by Crippen LogP contribution is -2.56. The Morgan fingerprint density at radius 3 is 2.42 bits per heavy atom. The number of nitrogens with two attached hydrogens (primary N) is 1. The molecule has 4 rings (SSSR count). The molecule has 160 valence electrons. The van der Waals surface area contributed by atoms with Crippen molar-refractivity contribution in [2.75, 3.05) is 11.9 Å². The van der Waals surface area contributed by atoms with Crippen LogP contribution in [0.4, 0.5) is 19.1 Å². The van der Waals surface area contributed by atoms with Crippen molar-refractivity contribution in [2.45, 2.75) is 24.6 Å². The van der Waals surface area contributed by atoms with Crippen LogP contribution in [0, 0.1) is 11.6 Å². The minimum atomic E-state index is -1.12. The number of nitrogens with zero attached hydrogens (tertiary/aromatic N) is 4. The zero-order valence-electron chi connectivity index (χ0n) is 16.4. The third-order valence-electron chi connectivity index (χ3n) is 5.58. The summed E-state index contributed by atoms with van der Waals surface area (Å²) in [5, 5.41) is 10.3. The number of phenols is 1. The molecule has 1 aliphatic rings. The van der Waals surface area contributed by atoms with E-state index in [1.807, 2.05) is 0 Å². The molecule has 3 N–H and O–H groups in total. The highest BCUT2D eigenvalue weighted by molar-refractivity contribution is 5.98. The van der Waals surface area contributed by atoms with Crippen LogP contribution in [0.15, 0.2) is 42.9 Å². The molecule has 1 amide bonds. The van der Waals surface area contributed by atoms with E-state index >= 15 is 0 Å². The van der Waals surface area contributed by atoms with Gasteiger partial charge in [-0.15, -0.1) is 0 Å². The third-order valence-corrected chi connectivity index (χ3v) is 5.58. The maximum Gasteiger partial charge on any atom is 0.252 e. The lowest BCUT2D eigenvalue weighted by Gasteiger charge is -2.49. The van der Waals surface area contributed by atoms with Gasteiger partial charge in [-0.2, -0.15) is 0 Å². The number of hydrogen-bond donors (Lipinski definition) is 2. The molecule has 1 saturated carbocycles. The molecule has 1 aromatic carbocycles. The van der Waals surface area contributed by atoms with Crippen LogP contribution in [0.1, 0.15) is 28.9 Å². The van der Waals surface area contributed by atoms with E-state index in [0.29, 0.717) is 0 Å². The van der Waals surface area contributed by atoms with Crippen molar-refractivity contribution in [3.8, 4) is 16.9 Å². The smallest absolute Gasteiger partial charge is 0.252 e. The van der Waals surface area contributed by atoms with Gasteiger partial charge in [-0.25, -0.2) is 23.1 Å². The summed E-state index contributed by atoms with van der Waals surface area (Å²) in [6.45, 7) is 0. The van der Waals surface area contributed by atoms with E-state index in [2.05, 4.69) is 15.0 Å². The summed E-state index contributed by atoms with van der Waals surface area (Å²) in [6, 6.07) is 4.79. The monoisotopic (exact) mass is 429 g/mol. The van der Waals surface area contributed by atoms with Crippen LogP contribution in [0.2, 0.25) is 0 Å². The SMILES string of the molecule is CN(c1ncc(-c2c(F)ccc(C(N)=O)c2O)cn1)[C@]1(c2ncccc2F)C[C@@H](F)C1. The largest absolute Gasteiger partial charge is 0.506 e. The molecule has 0 unspecified atom stereocenters. The van der Waals surface area contributed by atoms with Gasteiger partial charge in [-0.1, -0.05) is 0 Å². The van der Waals surface area contributed by atoms with Crippen LogP contribution in [-0.2, 0) is 5.54 Å².